The molecule has 2 aromatic rings. The number of benzene rings is 1. The smallest absolute Gasteiger partial charge is 0.283 e. The fourth-order valence-electron chi connectivity index (χ4n) is 3.35. The molecule has 3 heterocycles. The molecule has 0 bridgehead atoms. The van der Waals surface area contributed by atoms with E-state index in [2.05, 4.69) is 10.1 Å². The molecule has 0 saturated heterocycles. The van der Waals surface area contributed by atoms with Gasteiger partial charge in [0.1, 0.15) is 5.04 Å². The Bertz CT molecular complexity index is 1190. The van der Waals surface area contributed by atoms with Crippen molar-refractivity contribution in [1.29, 1.82) is 5.41 Å². The predicted molar refractivity (Wildman–Crippen MR) is 125 cm³/mol. The standard InChI is InChI=1S/C21H19Cl2N5OS/c1-10(2)20-26-28-18(24)15(19(29)25-21(28)30-20)8-13-7-11(3)27(12(13)4)14-5-6-16(22)17(23)9-14/h5-10,24H,1-4H3/b15-8+,24-18?. The molecule has 30 heavy (non-hydrogen) atoms. The van der Waals surface area contributed by atoms with Crippen LogP contribution in [-0.2, 0) is 4.79 Å². The highest BCUT2D eigenvalue weighted by atomic mass is 35.5. The average molecular weight is 460 g/mol. The van der Waals surface area contributed by atoms with Gasteiger partial charge in [0.2, 0.25) is 5.17 Å². The number of hydrogen-bond donors (Lipinski definition) is 1. The molecule has 9 heteroatoms. The molecule has 1 aromatic heterocycles. The second kappa shape index (κ2) is 7.72. The molecule has 6 nitrogen and oxygen atoms in total. The van der Waals surface area contributed by atoms with Crippen LogP contribution >= 0.6 is 35.0 Å². The van der Waals surface area contributed by atoms with Crippen LogP contribution in [-0.4, -0.2) is 31.5 Å². The maximum atomic E-state index is 12.7. The summed E-state index contributed by atoms with van der Waals surface area (Å²) in [6.07, 6.45) is 1.70. The first-order valence-electron chi connectivity index (χ1n) is 9.32. The van der Waals surface area contributed by atoms with Gasteiger partial charge >= 0.3 is 0 Å². The molecular formula is C21H19Cl2N5OS. The predicted octanol–water partition coefficient (Wildman–Crippen LogP) is 5.68. The van der Waals surface area contributed by atoms with Gasteiger partial charge in [-0.15, -0.1) is 0 Å². The van der Waals surface area contributed by atoms with Crippen molar-refractivity contribution in [3.8, 4) is 5.69 Å². The minimum atomic E-state index is -0.432. The summed E-state index contributed by atoms with van der Waals surface area (Å²) in [5.74, 6) is -0.199. The molecule has 4 rings (SSSR count). The van der Waals surface area contributed by atoms with E-state index in [4.69, 9.17) is 28.6 Å². The zero-order valence-electron chi connectivity index (χ0n) is 16.8. The topological polar surface area (TPSA) is 73.8 Å². The van der Waals surface area contributed by atoms with E-state index in [0.717, 1.165) is 27.7 Å². The Hall–Kier alpha value is -2.35. The lowest BCUT2D eigenvalue weighted by molar-refractivity contribution is -0.114. The van der Waals surface area contributed by atoms with Gasteiger partial charge in [-0.05, 0) is 61.5 Å². The molecule has 0 spiro atoms. The average Bonchev–Trinajstić information content (AvgIpc) is 3.22. The molecule has 1 N–H and O–H groups in total. The number of rotatable bonds is 3. The van der Waals surface area contributed by atoms with Crippen LogP contribution < -0.4 is 0 Å². The van der Waals surface area contributed by atoms with Crippen molar-refractivity contribution in [2.24, 2.45) is 16.0 Å². The van der Waals surface area contributed by atoms with E-state index in [1.165, 1.54) is 16.8 Å². The number of thioether (sulfide) groups is 1. The molecule has 2 aliphatic rings. The lowest BCUT2D eigenvalue weighted by Gasteiger charge is -2.20. The molecule has 0 radical (unpaired) electrons. The lowest BCUT2D eigenvalue weighted by atomic mass is 10.1. The normalized spacial score (nSPS) is 17.7. The van der Waals surface area contributed by atoms with Crippen LogP contribution in [0.4, 0.5) is 0 Å². The minimum Gasteiger partial charge on any atom is -0.318 e. The summed E-state index contributed by atoms with van der Waals surface area (Å²) >= 11 is 13.6. The minimum absolute atomic E-state index is 0.0347. The number of fused-ring (bicyclic) bond motifs is 1. The number of nitrogens with one attached hydrogen (secondary N) is 1. The van der Waals surface area contributed by atoms with Crippen LogP contribution in [0.25, 0.3) is 11.8 Å². The maximum absolute atomic E-state index is 12.7. The lowest BCUT2D eigenvalue weighted by Crippen LogP contribution is -2.35. The molecule has 2 aliphatic heterocycles. The van der Waals surface area contributed by atoms with E-state index in [1.807, 2.05) is 44.4 Å². The number of hydrazone groups is 1. The van der Waals surface area contributed by atoms with Crippen LogP contribution in [0.3, 0.4) is 0 Å². The Balaban J connectivity index is 1.75. The Kier molecular flexibility index (Phi) is 5.38. The quantitative estimate of drug-likeness (QED) is 0.600. The molecule has 154 valence electrons. The number of amides is 1. The van der Waals surface area contributed by atoms with Gasteiger partial charge < -0.3 is 4.57 Å². The number of carbonyl (C=O) groups excluding carboxylic acids is 1. The Morgan fingerprint density at radius 2 is 1.90 bits per heavy atom. The number of aryl methyl sites for hydroxylation is 1. The molecule has 0 fully saturated rings. The summed E-state index contributed by atoms with van der Waals surface area (Å²) in [6, 6.07) is 7.41. The summed E-state index contributed by atoms with van der Waals surface area (Å²) in [4.78, 5) is 16.8. The third kappa shape index (κ3) is 3.51. The van der Waals surface area contributed by atoms with Gasteiger partial charge in [0.05, 0.1) is 15.6 Å². The summed E-state index contributed by atoms with van der Waals surface area (Å²) in [5.41, 5.74) is 3.79. The van der Waals surface area contributed by atoms with Gasteiger partial charge in [0.15, 0.2) is 5.84 Å². The first kappa shape index (κ1) is 20.9. The van der Waals surface area contributed by atoms with Crippen molar-refractivity contribution in [1.82, 2.24) is 9.58 Å². The first-order chi connectivity index (χ1) is 14.2. The van der Waals surface area contributed by atoms with E-state index in [-0.39, 0.29) is 17.3 Å². The fourth-order valence-corrected chi connectivity index (χ4v) is 4.54. The van der Waals surface area contributed by atoms with Crippen LogP contribution in [0.2, 0.25) is 10.0 Å². The maximum Gasteiger partial charge on any atom is 0.283 e. The van der Waals surface area contributed by atoms with Gasteiger partial charge in [-0.25, -0.2) is 0 Å². The zero-order chi connectivity index (χ0) is 21.7. The van der Waals surface area contributed by atoms with Crippen molar-refractivity contribution in [2.75, 3.05) is 0 Å². The molecule has 0 unspecified atom stereocenters. The Morgan fingerprint density at radius 3 is 2.57 bits per heavy atom. The van der Waals surface area contributed by atoms with Gasteiger partial charge in [-0.1, -0.05) is 37.0 Å². The van der Waals surface area contributed by atoms with Crippen molar-refractivity contribution < 1.29 is 4.79 Å². The van der Waals surface area contributed by atoms with E-state index in [1.54, 1.807) is 18.2 Å². The Morgan fingerprint density at radius 1 is 1.17 bits per heavy atom. The van der Waals surface area contributed by atoms with E-state index in [9.17, 15) is 4.79 Å². The highest BCUT2D eigenvalue weighted by molar-refractivity contribution is 8.27. The monoisotopic (exact) mass is 459 g/mol. The van der Waals surface area contributed by atoms with Crippen LogP contribution in [0, 0.1) is 25.2 Å². The van der Waals surface area contributed by atoms with Gasteiger partial charge in [0.25, 0.3) is 5.91 Å². The van der Waals surface area contributed by atoms with E-state index < -0.39 is 5.91 Å². The van der Waals surface area contributed by atoms with Gasteiger partial charge in [-0.2, -0.15) is 15.1 Å². The molecule has 0 aliphatic carbocycles. The van der Waals surface area contributed by atoms with Gasteiger partial charge in [0, 0.05) is 23.0 Å². The third-order valence-corrected chi connectivity index (χ3v) is 6.84. The largest absolute Gasteiger partial charge is 0.318 e. The third-order valence-electron chi connectivity index (χ3n) is 4.90. The SMILES string of the molecule is Cc1cc(/C=C2\C(=N)N3N=C(C(C)C)SC3=NC2=O)c(C)n1-c1ccc(Cl)c(Cl)c1. The zero-order valence-corrected chi connectivity index (χ0v) is 19.2. The summed E-state index contributed by atoms with van der Waals surface area (Å²) in [5, 5.41) is 16.7. The number of aromatic nitrogens is 1. The van der Waals surface area contributed by atoms with Crippen molar-refractivity contribution in [2.45, 2.75) is 27.7 Å². The fraction of sp³-hybridized carbons (Fsp3) is 0.238. The number of carbonyl (C=O) groups is 1. The number of nitrogens with zero attached hydrogens (tertiary/aromatic N) is 4. The first-order valence-corrected chi connectivity index (χ1v) is 10.9. The second-order valence-electron chi connectivity index (χ2n) is 7.37. The van der Waals surface area contributed by atoms with Crippen molar-refractivity contribution in [3.05, 3.63) is 56.8 Å². The number of halogens is 2. The second-order valence-corrected chi connectivity index (χ2v) is 9.18. The number of hydrogen-bond acceptors (Lipinski definition) is 4. The highest BCUT2D eigenvalue weighted by Gasteiger charge is 2.36. The number of aliphatic imine (C=N–C) groups is 1. The van der Waals surface area contributed by atoms with Crippen LogP contribution in [0.1, 0.15) is 30.8 Å². The molecular weight excluding hydrogens is 441 g/mol. The van der Waals surface area contributed by atoms with Crippen LogP contribution in [0.15, 0.2) is 39.9 Å². The summed E-state index contributed by atoms with van der Waals surface area (Å²) in [6.45, 7) is 7.96. The Labute approximate surface area is 188 Å². The molecule has 0 saturated carbocycles. The van der Waals surface area contributed by atoms with Crippen LogP contribution in [0.5, 0.6) is 0 Å². The van der Waals surface area contributed by atoms with Crippen molar-refractivity contribution in [3.63, 3.8) is 0 Å². The molecule has 1 amide bonds. The van der Waals surface area contributed by atoms with E-state index >= 15 is 0 Å². The summed E-state index contributed by atoms with van der Waals surface area (Å²) in [7, 11) is 0. The molecule has 1 aromatic carbocycles. The highest BCUT2D eigenvalue weighted by Crippen LogP contribution is 2.32. The van der Waals surface area contributed by atoms with Gasteiger partial charge in [-0.3, -0.25) is 10.2 Å². The number of amidine groups is 2. The van der Waals surface area contributed by atoms with Crippen molar-refractivity contribution >= 4 is 63.0 Å². The summed E-state index contributed by atoms with van der Waals surface area (Å²) < 4.78 is 2.03. The molecule has 0 atom stereocenters. The van der Waals surface area contributed by atoms with E-state index in [0.29, 0.717) is 15.2 Å².